The van der Waals surface area contributed by atoms with E-state index in [9.17, 15) is 32.0 Å². The second-order valence-corrected chi connectivity index (χ2v) is 8.76. The van der Waals surface area contributed by atoms with Crippen LogP contribution in [0.3, 0.4) is 0 Å². The Labute approximate surface area is 215 Å². The topological polar surface area (TPSA) is 55.0 Å². The molecule has 4 aromatic rings. The van der Waals surface area contributed by atoms with E-state index >= 15 is 0 Å². The average Bonchev–Trinajstić information content (AvgIpc) is 2.87. The average molecular weight is 524 g/mol. The van der Waals surface area contributed by atoms with Crippen LogP contribution in [-0.4, -0.2) is 10.7 Å². The summed E-state index contributed by atoms with van der Waals surface area (Å²) in [5.74, 6) is -4.49. The summed E-state index contributed by atoms with van der Waals surface area (Å²) >= 11 is 0. The number of nitrogens with zero attached hydrogens (tertiary/aromatic N) is 2. The first-order valence-electron chi connectivity index (χ1n) is 11.4. The van der Waals surface area contributed by atoms with Crippen LogP contribution in [0.1, 0.15) is 27.8 Å². The van der Waals surface area contributed by atoms with Crippen molar-refractivity contribution in [3.8, 4) is 28.8 Å². The molecule has 0 unspecified atom stereocenters. The number of alkyl halides is 5. The van der Waals surface area contributed by atoms with Crippen molar-refractivity contribution in [2.24, 2.45) is 0 Å². The molecule has 0 saturated heterocycles. The van der Waals surface area contributed by atoms with Gasteiger partial charge < -0.3 is 9.30 Å². The lowest BCUT2D eigenvalue weighted by atomic mass is 9.98. The highest BCUT2D eigenvalue weighted by atomic mass is 19.4. The van der Waals surface area contributed by atoms with E-state index in [-0.39, 0.29) is 17.8 Å². The molecule has 4 rings (SSSR count). The normalized spacial score (nSPS) is 11.7. The van der Waals surface area contributed by atoms with E-state index in [2.05, 4.69) is 0 Å². The van der Waals surface area contributed by atoms with Gasteiger partial charge in [-0.1, -0.05) is 42.0 Å². The van der Waals surface area contributed by atoms with Gasteiger partial charge in [0.15, 0.2) is 0 Å². The number of aryl methyl sites for hydroxylation is 2. The molecular formula is C29H21F5N2O2. The zero-order chi connectivity index (χ0) is 27.7. The molecule has 1 heterocycles. The van der Waals surface area contributed by atoms with E-state index in [1.807, 2.05) is 19.1 Å². The van der Waals surface area contributed by atoms with Crippen molar-refractivity contribution in [1.29, 1.82) is 5.26 Å². The molecule has 0 N–H and O–H groups in total. The summed E-state index contributed by atoms with van der Waals surface area (Å²) in [7, 11) is 0. The van der Waals surface area contributed by atoms with Gasteiger partial charge in [-0.3, -0.25) is 4.79 Å². The third-order valence-electron chi connectivity index (χ3n) is 6.06. The number of rotatable bonds is 6. The van der Waals surface area contributed by atoms with Crippen LogP contribution in [0.15, 0.2) is 83.7 Å². The smallest absolute Gasteiger partial charge is 0.457 e. The predicted molar refractivity (Wildman–Crippen MR) is 132 cm³/mol. The van der Waals surface area contributed by atoms with Gasteiger partial charge in [0, 0.05) is 0 Å². The monoisotopic (exact) mass is 524 g/mol. The fourth-order valence-electron chi connectivity index (χ4n) is 4.06. The van der Waals surface area contributed by atoms with E-state index in [1.54, 1.807) is 43.3 Å². The third kappa shape index (κ3) is 5.16. The third-order valence-corrected chi connectivity index (χ3v) is 6.06. The van der Waals surface area contributed by atoms with Crippen molar-refractivity contribution in [3.05, 3.63) is 117 Å². The number of hydrogen-bond donors (Lipinski definition) is 0. The van der Waals surface area contributed by atoms with E-state index in [1.165, 1.54) is 30.3 Å². The zero-order valence-corrected chi connectivity index (χ0v) is 20.3. The molecule has 0 radical (unpaired) electrons. The first-order valence-corrected chi connectivity index (χ1v) is 11.4. The van der Waals surface area contributed by atoms with Crippen LogP contribution in [0, 0.1) is 25.2 Å². The molecule has 0 spiro atoms. The molecule has 0 saturated carbocycles. The number of hydrogen-bond acceptors (Lipinski definition) is 3. The Morgan fingerprint density at radius 2 is 1.50 bits per heavy atom. The van der Waals surface area contributed by atoms with Gasteiger partial charge in [-0.25, -0.2) is 0 Å². The minimum Gasteiger partial charge on any atom is -0.457 e. The highest BCUT2D eigenvalue weighted by molar-refractivity contribution is 5.64. The lowest BCUT2D eigenvalue weighted by Crippen LogP contribution is -2.38. The number of para-hydroxylation sites is 1. The van der Waals surface area contributed by atoms with E-state index in [0.29, 0.717) is 23.1 Å². The van der Waals surface area contributed by atoms with Crippen molar-refractivity contribution in [1.82, 2.24) is 4.57 Å². The van der Waals surface area contributed by atoms with Gasteiger partial charge in [-0.2, -0.15) is 27.2 Å². The molecule has 194 valence electrons. The molecule has 38 heavy (non-hydrogen) atoms. The summed E-state index contributed by atoms with van der Waals surface area (Å²) in [6.45, 7) is 3.52. The van der Waals surface area contributed by atoms with Crippen LogP contribution in [-0.2, 0) is 12.5 Å². The van der Waals surface area contributed by atoms with Gasteiger partial charge in [-0.15, -0.1) is 0 Å². The number of halogens is 5. The molecule has 0 amide bonds. The van der Waals surface area contributed by atoms with Crippen LogP contribution < -0.4 is 10.3 Å². The Kier molecular flexibility index (Phi) is 7.09. The maximum atomic E-state index is 14.5. The molecule has 9 heteroatoms. The standard InChI is InChI=1S/C29H21F5N2O2/c1-18-8-9-21(19(2)14-18)17-36-26(15-25(24(16-35)27(36)37)28(30,31)29(32,33)34)20-10-12-23(13-11-20)38-22-6-4-3-5-7-22/h3-15H,17H2,1-2H3. The van der Waals surface area contributed by atoms with Gasteiger partial charge in [0.1, 0.15) is 23.1 Å². The maximum absolute atomic E-state index is 14.5. The number of ether oxygens (including phenoxy) is 1. The first kappa shape index (κ1) is 26.6. The summed E-state index contributed by atoms with van der Waals surface area (Å²) < 4.78 is 75.7. The SMILES string of the molecule is Cc1ccc(Cn2c(-c3ccc(Oc4ccccc4)cc3)cc(C(F)(F)C(F)(F)F)c(C#N)c2=O)c(C)c1. The molecule has 0 atom stereocenters. The lowest BCUT2D eigenvalue weighted by molar-refractivity contribution is -0.289. The molecule has 4 nitrogen and oxygen atoms in total. The van der Waals surface area contributed by atoms with E-state index < -0.39 is 28.8 Å². The molecule has 0 aliphatic heterocycles. The van der Waals surface area contributed by atoms with E-state index in [0.717, 1.165) is 15.7 Å². The van der Waals surface area contributed by atoms with Crippen LogP contribution in [0.25, 0.3) is 11.3 Å². The Morgan fingerprint density at radius 3 is 2.08 bits per heavy atom. The van der Waals surface area contributed by atoms with Gasteiger partial charge in [0.25, 0.3) is 5.56 Å². The summed E-state index contributed by atoms with van der Waals surface area (Å²) in [4.78, 5) is 13.3. The molecule has 3 aromatic carbocycles. The van der Waals surface area contributed by atoms with Crippen molar-refractivity contribution in [2.45, 2.75) is 32.5 Å². The largest absolute Gasteiger partial charge is 0.458 e. The number of aromatic nitrogens is 1. The number of benzene rings is 3. The predicted octanol–water partition coefficient (Wildman–Crippen LogP) is 7.50. The Balaban J connectivity index is 1.90. The minimum absolute atomic E-state index is 0.144. The lowest BCUT2D eigenvalue weighted by Gasteiger charge is -2.23. The van der Waals surface area contributed by atoms with Crippen molar-refractivity contribution in [3.63, 3.8) is 0 Å². The first-order chi connectivity index (χ1) is 17.9. The van der Waals surface area contributed by atoms with Gasteiger partial charge in [-0.05, 0) is 73.0 Å². The molecule has 0 bridgehead atoms. The molecule has 0 aliphatic carbocycles. The highest BCUT2D eigenvalue weighted by Gasteiger charge is 2.60. The van der Waals surface area contributed by atoms with Gasteiger partial charge >= 0.3 is 12.1 Å². The minimum atomic E-state index is -6.00. The zero-order valence-electron chi connectivity index (χ0n) is 20.3. The number of pyridine rings is 1. The molecular weight excluding hydrogens is 503 g/mol. The summed E-state index contributed by atoms with van der Waals surface area (Å²) in [6, 6.07) is 22.0. The quantitative estimate of drug-likeness (QED) is 0.246. The van der Waals surface area contributed by atoms with Gasteiger partial charge in [0.2, 0.25) is 0 Å². The Morgan fingerprint density at radius 1 is 0.868 bits per heavy atom. The van der Waals surface area contributed by atoms with E-state index in [4.69, 9.17) is 4.74 Å². The van der Waals surface area contributed by atoms with Crippen LogP contribution in [0.4, 0.5) is 22.0 Å². The van der Waals surface area contributed by atoms with Crippen molar-refractivity contribution < 1.29 is 26.7 Å². The Bertz CT molecular complexity index is 1570. The Hall–Kier alpha value is -4.45. The second kappa shape index (κ2) is 10.1. The molecule has 1 aromatic heterocycles. The summed E-state index contributed by atoms with van der Waals surface area (Å²) in [6.07, 6.45) is -6.00. The van der Waals surface area contributed by atoms with Crippen molar-refractivity contribution >= 4 is 0 Å². The highest BCUT2D eigenvalue weighted by Crippen LogP contribution is 2.45. The molecule has 0 fully saturated rings. The van der Waals surface area contributed by atoms with Gasteiger partial charge in [0.05, 0.1) is 17.8 Å². The summed E-state index contributed by atoms with van der Waals surface area (Å²) in [5.41, 5.74) is -1.81. The second-order valence-electron chi connectivity index (χ2n) is 8.76. The van der Waals surface area contributed by atoms with Crippen molar-refractivity contribution in [2.75, 3.05) is 0 Å². The fourth-order valence-corrected chi connectivity index (χ4v) is 4.06. The fraction of sp³-hybridized carbons (Fsp3) is 0.172. The number of nitriles is 1. The molecule has 0 aliphatic rings. The van der Waals surface area contributed by atoms with Crippen LogP contribution >= 0.6 is 0 Å². The summed E-state index contributed by atoms with van der Waals surface area (Å²) in [5, 5.41) is 9.47. The van der Waals surface area contributed by atoms with Crippen LogP contribution in [0.2, 0.25) is 0 Å². The van der Waals surface area contributed by atoms with Crippen LogP contribution in [0.5, 0.6) is 11.5 Å². The maximum Gasteiger partial charge on any atom is 0.458 e.